The monoisotopic (exact) mass is 318 g/mol. The highest BCUT2D eigenvalue weighted by molar-refractivity contribution is 5.86. The predicted octanol–water partition coefficient (Wildman–Crippen LogP) is 3.84. The molecule has 1 saturated heterocycles. The van der Waals surface area contributed by atoms with E-state index in [9.17, 15) is 9.18 Å². The molecule has 0 amide bonds. The van der Waals surface area contributed by atoms with Crippen molar-refractivity contribution in [3.63, 3.8) is 0 Å². The van der Waals surface area contributed by atoms with Gasteiger partial charge in [0.05, 0.1) is 7.11 Å². The fourth-order valence-electron chi connectivity index (χ4n) is 2.96. The van der Waals surface area contributed by atoms with E-state index in [0.717, 1.165) is 12.8 Å². The maximum atomic E-state index is 14.7. The second-order valence-corrected chi connectivity index (χ2v) is 5.68. The molecule has 1 fully saturated rings. The first-order chi connectivity index (χ1) is 11.2. The van der Waals surface area contributed by atoms with Gasteiger partial charge < -0.3 is 9.47 Å². The van der Waals surface area contributed by atoms with Crippen LogP contribution in [0.15, 0.2) is 12.1 Å². The fourth-order valence-corrected chi connectivity index (χ4v) is 2.96. The minimum absolute atomic E-state index is 0.0574. The normalized spacial score (nSPS) is 19.6. The van der Waals surface area contributed by atoms with Gasteiger partial charge in [-0.15, -0.1) is 5.92 Å². The Hall–Kier alpha value is -1.86. The van der Waals surface area contributed by atoms with Crippen LogP contribution in [0.3, 0.4) is 0 Å². The Morgan fingerprint density at radius 1 is 1.26 bits per heavy atom. The van der Waals surface area contributed by atoms with Crippen molar-refractivity contribution in [2.45, 2.75) is 44.9 Å². The van der Waals surface area contributed by atoms with Gasteiger partial charge in [0.15, 0.2) is 0 Å². The average Bonchev–Trinajstić information content (AvgIpc) is 2.54. The third-order valence-corrected chi connectivity index (χ3v) is 4.06. The number of ether oxygens (including phenoxy) is 2. The van der Waals surface area contributed by atoms with Gasteiger partial charge >= 0.3 is 0 Å². The van der Waals surface area contributed by atoms with Gasteiger partial charge in [0.2, 0.25) is 0 Å². The number of ketones is 1. The zero-order valence-corrected chi connectivity index (χ0v) is 13.8. The van der Waals surface area contributed by atoms with Gasteiger partial charge in [-0.1, -0.05) is 12.3 Å². The lowest BCUT2D eigenvalue weighted by molar-refractivity contribution is -0.121. The largest absolute Gasteiger partial charge is 0.496 e. The van der Waals surface area contributed by atoms with Gasteiger partial charge in [-0.25, -0.2) is 4.39 Å². The van der Waals surface area contributed by atoms with E-state index in [2.05, 4.69) is 11.8 Å². The fraction of sp³-hybridized carbons (Fsp3) is 0.526. The number of hydrogen-bond acceptors (Lipinski definition) is 3. The summed E-state index contributed by atoms with van der Waals surface area (Å²) in [7, 11) is 1.50. The molecule has 1 aliphatic heterocycles. The molecular weight excluding hydrogens is 295 g/mol. The summed E-state index contributed by atoms with van der Waals surface area (Å²) in [5.41, 5.74) is 0.937. The Bertz CT molecular complexity index is 613. The van der Waals surface area contributed by atoms with Crippen molar-refractivity contribution in [1.29, 1.82) is 0 Å². The Labute approximate surface area is 137 Å². The molecule has 2 rings (SSSR count). The molecule has 4 heteroatoms. The zero-order valence-electron chi connectivity index (χ0n) is 13.8. The number of Topliss-reactive ketones (excluding diaryl/α,β-unsaturated/α-hetero) is 1. The van der Waals surface area contributed by atoms with Crippen molar-refractivity contribution >= 4 is 5.78 Å². The van der Waals surface area contributed by atoms with Crippen LogP contribution in [-0.4, -0.2) is 26.1 Å². The second-order valence-electron chi connectivity index (χ2n) is 5.68. The predicted molar refractivity (Wildman–Crippen MR) is 87.2 cm³/mol. The van der Waals surface area contributed by atoms with Crippen LogP contribution < -0.4 is 4.74 Å². The Kier molecular flexibility index (Phi) is 6.61. The highest BCUT2D eigenvalue weighted by Crippen LogP contribution is 2.35. The first kappa shape index (κ1) is 17.5. The molecule has 0 aromatic heterocycles. The number of benzene rings is 1. The molecule has 1 aliphatic rings. The van der Waals surface area contributed by atoms with Crippen LogP contribution in [0.2, 0.25) is 0 Å². The summed E-state index contributed by atoms with van der Waals surface area (Å²) in [5, 5.41) is 0. The smallest absolute Gasteiger partial charge is 0.140 e. The molecule has 3 nitrogen and oxygen atoms in total. The minimum atomic E-state index is -0.452. The topological polar surface area (TPSA) is 35.5 Å². The highest BCUT2D eigenvalue weighted by atomic mass is 19.1. The van der Waals surface area contributed by atoms with E-state index in [1.807, 2.05) is 0 Å². The number of methoxy groups -OCH3 is 1. The van der Waals surface area contributed by atoms with Crippen LogP contribution in [0, 0.1) is 17.7 Å². The van der Waals surface area contributed by atoms with Crippen LogP contribution in [0.1, 0.15) is 56.1 Å². The Morgan fingerprint density at radius 2 is 2.04 bits per heavy atom. The standard InChI is InChI=1S/C19H23FO3/c1-3-7-14-12-16(20)19(18(13-14)22-2)15-8-4-5-10-23-11-6-9-17(15)21/h12-13,15H,4-6,8-11H2,1-2H3. The number of carbonyl (C=O) groups excluding carboxylic acids is 1. The SMILES string of the molecule is CC#Cc1cc(F)c(C2CCCCOCCCC2=O)c(OC)c1. The molecule has 0 N–H and O–H groups in total. The van der Waals surface area contributed by atoms with Crippen molar-refractivity contribution in [2.24, 2.45) is 0 Å². The van der Waals surface area contributed by atoms with Gasteiger partial charge in [-0.2, -0.15) is 0 Å². The van der Waals surface area contributed by atoms with Crippen molar-refractivity contribution in [3.8, 4) is 17.6 Å². The van der Waals surface area contributed by atoms with Crippen molar-refractivity contribution in [3.05, 3.63) is 29.1 Å². The molecule has 1 heterocycles. The molecule has 0 spiro atoms. The number of rotatable bonds is 2. The van der Waals surface area contributed by atoms with Crippen molar-refractivity contribution in [2.75, 3.05) is 20.3 Å². The lowest BCUT2D eigenvalue weighted by Crippen LogP contribution is -2.17. The van der Waals surface area contributed by atoms with Crippen LogP contribution in [0.25, 0.3) is 0 Å². The molecule has 0 aliphatic carbocycles. The summed E-state index contributed by atoms with van der Waals surface area (Å²) in [6.45, 7) is 2.99. The van der Waals surface area contributed by atoms with E-state index < -0.39 is 11.7 Å². The van der Waals surface area contributed by atoms with Crippen LogP contribution in [-0.2, 0) is 9.53 Å². The molecule has 0 bridgehead atoms. The maximum Gasteiger partial charge on any atom is 0.140 e. The number of halogens is 1. The van der Waals surface area contributed by atoms with Crippen molar-refractivity contribution in [1.82, 2.24) is 0 Å². The van der Waals surface area contributed by atoms with Gasteiger partial charge in [0, 0.05) is 36.7 Å². The summed E-state index contributed by atoms with van der Waals surface area (Å²) in [5.74, 6) is 5.19. The molecule has 0 radical (unpaired) electrons. The first-order valence-electron chi connectivity index (χ1n) is 8.08. The highest BCUT2D eigenvalue weighted by Gasteiger charge is 2.27. The van der Waals surface area contributed by atoms with Gasteiger partial charge in [-0.3, -0.25) is 4.79 Å². The van der Waals surface area contributed by atoms with Gasteiger partial charge in [-0.05, 0) is 38.3 Å². The number of carbonyl (C=O) groups is 1. The third-order valence-electron chi connectivity index (χ3n) is 4.06. The van der Waals surface area contributed by atoms with Crippen molar-refractivity contribution < 1.29 is 18.7 Å². The lowest BCUT2D eigenvalue weighted by Gasteiger charge is -2.21. The summed E-state index contributed by atoms with van der Waals surface area (Å²) < 4.78 is 25.5. The Morgan fingerprint density at radius 3 is 2.78 bits per heavy atom. The van der Waals surface area contributed by atoms with E-state index in [-0.39, 0.29) is 5.78 Å². The van der Waals surface area contributed by atoms with E-state index in [0.29, 0.717) is 49.4 Å². The second kappa shape index (κ2) is 8.69. The molecule has 1 aromatic rings. The molecule has 23 heavy (non-hydrogen) atoms. The third kappa shape index (κ3) is 4.56. The van der Waals surface area contributed by atoms with Crippen LogP contribution in [0.4, 0.5) is 4.39 Å². The summed E-state index contributed by atoms with van der Waals surface area (Å²) in [4.78, 5) is 12.6. The van der Waals surface area contributed by atoms with E-state index in [1.165, 1.54) is 13.2 Å². The lowest BCUT2D eigenvalue weighted by atomic mass is 9.86. The van der Waals surface area contributed by atoms with Gasteiger partial charge in [0.25, 0.3) is 0 Å². The zero-order chi connectivity index (χ0) is 16.7. The van der Waals surface area contributed by atoms with E-state index >= 15 is 0 Å². The molecule has 1 unspecified atom stereocenters. The summed E-state index contributed by atoms with van der Waals surface area (Å²) in [6, 6.07) is 3.10. The minimum Gasteiger partial charge on any atom is -0.496 e. The van der Waals surface area contributed by atoms with Crippen LogP contribution >= 0.6 is 0 Å². The average molecular weight is 318 g/mol. The molecule has 1 aromatic carbocycles. The maximum absolute atomic E-state index is 14.7. The molecule has 1 atom stereocenters. The van der Waals surface area contributed by atoms with E-state index in [4.69, 9.17) is 9.47 Å². The summed E-state index contributed by atoms with van der Waals surface area (Å²) >= 11 is 0. The molecule has 124 valence electrons. The first-order valence-corrected chi connectivity index (χ1v) is 8.08. The van der Waals surface area contributed by atoms with E-state index in [1.54, 1.807) is 13.0 Å². The molecular formula is C19H23FO3. The van der Waals surface area contributed by atoms with Gasteiger partial charge in [0.1, 0.15) is 17.3 Å². The summed E-state index contributed by atoms with van der Waals surface area (Å²) in [6.07, 6.45) is 3.42. The Balaban J connectivity index is 2.38. The number of hydrogen-bond donors (Lipinski definition) is 0. The molecule has 0 saturated carbocycles. The van der Waals surface area contributed by atoms with Crippen LogP contribution in [0.5, 0.6) is 5.75 Å². The quantitative estimate of drug-likeness (QED) is 0.777.